The Morgan fingerprint density at radius 2 is 1.56 bits per heavy atom. The highest BCUT2D eigenvalue weighted by Gasteiger charge is 2.52. The van der Waals surface area contributed by atoms with Gasteiger partial charge in [0, 0.05) is 0 Å². The summed E-state index contributed by atoms with van der Waals surface area (Å²) in [6.07, 6.45) is 6.15. The standard InChI is InChI=1S/C27H23O3P.BrH/c1-30-22-11-8-10-21(18-22)20-31(23-12-4-2-5-13-23,24-14-6-3-7-15-24)27-17-9-16-26(29)25(27)19-28;/h2-18,27H,20H2,1H3;1H. The predicted molar refractivity (Wildman–Crippen MR) is 129 cm³/mol. The van der Waals surface area contributed by atoms with Crippen LogP contribution in [0.2, 0.25) is 0 Å². The van der Waals surface area contributed by atoms with Gasteiger partial charge in [-0.15, -0.1) is 0 Å². The first-order valence-electron chi connectivity index (χ1n) is 10.1. The number of hydrogen-bond donors (Lipinski definition) is 1. The highest BCUT2D eigenvalue weighted by atomic mass is 79.9. The van der Waals surface area contributed by atoms with Crippen molar-refractivity contribution in [3.05, 3.63) is 120 Å². The molecule has 3 aromatic rings. The van der Waals surface area contributed by atoms with Gasteiger partial charge in [-0.25, -0.2) is 4.79 Å². The van der Waals surface area contributed by atoms with E-state index in [0.717, 1.165) is 11.3 Å². The van der Waals surface area contributed by atoms with Crippen LogP contribution < -0.4 is 32.3 Å². The van der Waals surface area contributed by atoms with E-state index >= 15 is 0 Å². The minimum Gasteiger partial charge on any atom is -1.00 e. The molecule has 5 heteroatoms. The lowest BCUT2D eigenvalue weighted by Gasteiger charge is -2.34. The number of halogens is 1. The number of methoxy groups -OCH3 is 1. The zero-order chi connectivity index (χ0) is 21.7. The van der Waals surface area contributed by atoms with E-state index in [1.165, 1.54) is 10.6 Å². The Bertz CT molecular complexity index is 1130. The van der Waals surface area contributed by atoms with Crippen LogP contribution in [-0.4, -0.2) is 23.8 Å². The van der Waals surface area contributed by atoms with Crippen LogP contribution >= 0.6 is 7.26 Å². The highest BCUT2D eigenvalue weighted by molar-refractivity contribution is 7.89. The van der Waals surface area contributed by atoms with E-state index in [-0.39, 0.29) is 28.4 Å². The third-order valence-corrected chi connectivity index (χ3v) is 10.4. The van der Waals surface area contributed by atoms with E-state index in [0.29, 0.717) is 11.7 Å². The third-order valence-electron chi connectivity index (χ3n) is 5.70. The Morgan fingerprint density at radius 1 is 0.938 bits per heavy atom. The summed E-state index contributed by atoms with van der Waals surface area (Å²) in [4.78, 5) is 12.0. The molecule has 1 N–H and O–H groups in total. The van der Waals surface area contributed by atoms with Gasteiger partial charge in [0.15, 0.2) is 0 Å². The number of allylic oxidation sites excluding steroid dienone is 4. The second-order valence-electron chi connectivity index (χ2n) is 7.45. The van der Waals surface area contributed by atoms with Crippen molar-refractivity contribution in [2.75, 3.05) is 7.11 Å². The molecule has 0 bridgehead atoms. The topological polar surface area (TPSA) is 46.5 Å². The summed E-state index contributed by atoms with van der Waals surface area (Å²) in [5.74, 6) is 2.84. The maximum Gasteiger partial charge on any atom is 0.137 e. The van der Waals surface area contributed by atoms with Crippen molar-refractivity contribution in [3.63, 3.8) is 0 Å². The average molecular weight is 507 g/mol. The summed E-state index contributed by atoms with van der Waals surface area (Å²) in [7, 11) is -0.619. The van der Waals surface area contributed by atoms with Gasteiger partial charge in [-0.05, 0) is 54.1 Å². The minimum absolute atomic E-state index is 0. The quantitative estimate of drug-likeness (QED) is 0.411. The van der Waals surface area contributed by atoms with E-state index in [9.17, 15) is 9.90 Å². The molecular formula is C27H24BrO3P. The normalized spacial score (nSPS) is 15.3. The summed E-state index contributed by atoms with van der Waals surface area (Å²) in [6, 6.07) is 28.7. The lowest BCUT2D eigenvalue weighted by Crippen LogP contribution is -3.00. The van der Waals surface area contributed by atoms with Crippen molar-refractivity contribution < 1.29 is 31.6 Å². The van der Waals surface area contributed by atoms with Crippen LogP contribution in [0.15, 0.2) is 114 Å². The van der Waals surface area contributed by atoms with Crippen LogP contribution in [0.3, 0.4) is 0 Å². The lowest BCUT2D eigenvalue weighted by molar-refractivity contribution is -0.00000850. The summed E-state index contributed by atoms with van der Waals surface area (Å²) in [6.45, 7) is 0. The number of ether oxygens (including phenoxy) is 1. The smallest absolute Gasteiger partial charge is 0.137 e. The minimum atomic E-state index is -2.28. The molecule has 0 fully saturated rings. The number of aliphatic hydroxyl groups excluding tert-OH is 1. The first-order chi connectivity index (χ1) is 15.2. The molecule has 3 nitrogen and oxygen atoms in total. The van der Waals surface area contributed by atoms with Crippen LogP contribution in [0.4, 0.5) is 0 Å². The van der Waals surface area contributed by atoms with Crippen LogP contribution in [0, 0.1) is 0 Å². The Balaban J connectivity index is 0.00000289. The maximum atomic E-state index is 12.0. The zero-order valence-electron chi connectivity index (χ0n) is 17.7. The fourth-order valence-corrected chi connectivity index (χ4v) is 8.97. The zero-order valence-corrected chi connectivity index (χ0v) is 20.2. The van der Waals surface area contributed by atoms with Gasteiger partial charge < -0.3 is 26.8 Å². The maximum absolute atomic E-state index is 12.0. The van der Waals surface area contributed by atoms with Gasteiger partial charge in [-0.3, -0.25) is 0 Å². The first kappa shape index (κ1) is 23.8. The average Bonchev–Trinajstić information content (AvgIpc) is 2.83. The number of rotatable bonds is 6. The largest absolute Gasteiger partial charge is 1.00 e. The summed E-state index contributed by atoms with van der Waals surface area (Å²) in [5.41, 5.74) is 1.14. The van der Waals surface area contributed by atoms with Crippen LogP contribution in [0.5, 0.6) is 5.75 Å². The Kier molecular flexibility index (Phi) is 7.88. The van der Waals surface area contributed by atoms with Gasteiger partial charge in [0.1, 0.15) is 39.3 Å². The van der Waals surface area contributed by atoms with Crippen molar-refractivity contribution in [1.29, 1.82) is 0 Å². The van der Waals surface area contributed by atoms with E-state index in [2.05, 4.69) is 36.3 Å². The Hall–Kier alpha value is -2.90. The molecule has 1 atom stereocenters. The molecule has 0 saturated heterocycles. The molecule has 162 valence electrons. The summed E-state index contributed by atoms with van der Waals surface area (Å²) >= 11 is 0. The SMILES string of the molecule is COc1cccc(C[P+](c2ccccc2)(c2ccccc2)C2C=CC=C(O)C2=C=O)c1.[Br-]. The third kappa shape index (κ3) is 4.49. The molecule has 32 heavy (non-hydrogen) atoms. The van der Waals surface area contributed by atoms with E-state index in [1.807, 2.05) is 66.7 Å². The second-order valence-corrected chi connectivity index (χ2v) is 11.1. The fraction of sp³-hybridized carbons (Fsp3) is 0.111. The van der Waals surface area contributed by atoms with E-state index < -0.39 is 7.26 Å². The van der Waals surface area contributed by atoms with Crippen LogP contribution in [0.25, 0.3) is 0 Å². The van der Waals surface area contributed by atoms with Gasteiger partial charge in [0.2, 0.25) is 0 Å². The van der Waals surface area contributed by atoms with Gasteiger partial charge >= 0.3 is 0 Å². The van der Waals surface area contributed by atoms with Crippen molar-refractivity contribution in [2.45, 2.75) is 11.8 Å². The molecule has 0 aromatic heterocycles. The number of aliphatic hydroxyl groups is 1. The first-order valence-corrected chi connectivity index (χ1v) is 12.2. The molecule has 0 radical (unpaired) electrons. The monoisotopic (exact) mass is 506 g/mol. The molecule has 1 aliphatic carbocycles. The molecule has 0 aliphatic heterocycles. The van der Waals surface area contributed by atoms with Gasteiger partial charge in [0.25, 0.3) is 0 Å². The highest BCUT2D eigenvalue weighted by Crippen LogP contribution is 2.66. The molecule has 0 spiro atoms. The summed E-state index contributed by atoms with van der Waals surface area (Å²) in [5, 5.41) is 12.9. The number of benzene rings is 3. The van der Waals surface area contributed by atoms with E-state index in [4.69, 9.17) is 4.74 Å². The Morgan fingerprint density at radius 3 is 2.12 bits per heavy atom. The molecule has 0 heterocycles. The van der Waals surface area contributed by atoms with Gasteiger partial charge in [-0.2, -0.15) is 0 Å². The fourth-order valence-electron chi connectivity index (χ4n) is 4.27. The van der Waals surface area contributed by atoms with Crippen molar-refractivity contribution in [2.24, 2.45) is 0 Å². The predicted octanol–water partition coefficient (Wildman–Crippen LogP) is 2.01. The second kappa shape index (κ2) is 10.6. The lowest BCUT2D eigenvalue weighted by atomic mass is 10.1. The molecule has 0 amide bonds. The van der Waals surface area contributed by atoms with Gasteiger partial charge in [0.05, 0.1) is 20.5 Å². The van der Waals surface area contributed by atoms with Crippen molar-refractivity contribution >= 4 is 23.8 Å². The summed E-state index contributed by atoms with van der Waals surface area (Å²) < 4.78 is 5.47. The molecular weight excluding hydrogens is 483 g/mol. The van der Waals surface area contributed by atoms with Crippen molar-refractivity contribution in [1.82, 2.24) is 0 Å². The van der Waals surface area contributed by atoms with Crippen LogP contribution in [0.1, 0.15) is 5.56 Å². The molecule has 3 aromatic carbocycles. The molecule has 0 saturated carbocycles. The molecule has 4 rings (SSSR count). The van der Waals surface area contributed by atoms with E-state index in [1.54, 1.807) is 13.2 Å². The van der Waals surface area contributed by atoms with Crippen LogP contribution in [-0.2, 0) is 11.0 Å². The Labute approximate surface area is 199 Å². The number of carbonyl (C=O) groups excluding carboxylic acids is 1. The molecule has 1 unspecified atom stereocenters. The van der Waals surface area contributed by atoms with Gasteiger partial charge in [-0.1, -0.05) is 54.6 Å². The molecule has 1 aliphatic rings. The van der Waals surface area contributed by atoms with Crippen molar-refractivity contribution in [3.8, 4) is 5.75 Å². The number of hydrogen-bond acceptors (Lipinski definition) is 3.